The molecule has 1 aliphatic rings. The van der Waals surface area contributed by atoms with Crippen LogP contribution in [0.3, 0.4) is 0 Å². The standard InChI is InChI=1S/C11H16N4O4/c1-11(10(16)17)4-3-5-14(6-11)9-8(15(18)19)12-7-13(9)2/h7H,3-6H2,1-2H3,(H,16,17). The summed E-state index contributed by atoms with van der Waals surface area (Å²) >= 11 is 0. The Morgan fingerprint density at radius 1 is 1.63 bits per heavy atom. The number of aliphatic carboxylic acids is 1. The van der Waals surface area contributed by atoms with E-state index >= 15 is 0 Å². The molecule has 0 aliphatic carbocycles. The highest BCUT2D eigenvalue weighted by Crippen LogP contribution is 2.35. The van der Waals surface area contributed by atoms with Crippen molar-refractivity contribution in [2.75, 3.05) is 18.0 Å². The fraction of sp³-hybridized carbons (Fsp3) is 0.636. The van der Waals surface area contributed by atoms with Crippen LogP contribution < -0.4 is 4.90 Å². The summed E-state index contributed by atoms with van der Waals surface area (Å²) < 4.78 is 1.56. The van der Waals surface area contributed by atoms with Crippen molar-refractivity contribution in [1.82, 2.24) is 9.55 Å². The largest absolute Gasteiger partial charge is 0.481 e. The van der Waals surface area contributed by atoms with Gasteiger partial charge < -0.3 is 20.1 Å². The number of nitro groups is 1. The highest BCUT2D eigenvalue weighted by atomic mass is 16.6. The van der Waals surface area contributed by atoms with Crippen LogP contribution in [0.2, 0.25) is 0 Å². The molecule has 0 spiro atoms. The predicted octanol–water partition coefficient (Wildman–Crippen LogP) is 1.02. The minimum atomic E-state index is -0.879. The number of nitrogens with zero attached hydrogens (tertiary/aromatic N) is 4. The highest BCUT2D eigenvalue weighted by Gasteiger charge is 2.40. The Kier molecular flexibility index (Phi) is 3.17. The predicted molar refractivity (Wildman–Crippen MR) is 67.1 cm³/mol. The molecule has 0 amide bonds. The number of piperidine rings is 1. The van der Waals surface area contributed by atoms with E-state index in [0.29, 0.717) is 25.2 Å². The van der Waals surface area contributed by atoms with Crippen molar-refractivity contribution in [3.63, 3.8) is 0 Å². The van der Waals surface area contributed by atoms with Crippen LogP contribution in [-0.2, 0) is 11.8 Å². The molecule has 2 rings (SSSR count). The Morgan fingerprint density at radius 3 is 2.89 bits per heavy atom. The third-order valence-corrected chi connectivity index (χ3v) is 3.57. The number of aromatic nitrogens is 2. The van der Waals surface area contributed by atoms with Crippen LogP contribution in [0, 0.1) is 15.5 Å². The minimum absolute atomic E-state index is 0.225. The van der Waals surface area contributed by atoms with Crippen LogP contribution in [0.25, 0.3) is 0 Å². The summed E-state index contributed by atoms with van der Waals surface area (Å²) in [5.41, 5.74) is -0.879. The zero-order chi connectivity index (χ0) is 14.2. The van der Waals surface area contributed by atoms with E-state index in [0.717, 1.165) is 0 Å². The lowest BCUT2D eigenvalue weighted by Gasteiger charge is -2.38. The number of anilines is 1. The fourth-order valence-electron chi connectivity index (χ4n) is 2.50. The first-order valence-electron chi connectivity index (χ1n) is 5.99. The van der Waals surface area contributed by atoms with Gasteiger partial charge in [-0.25, -0.2) is 0 Å². The van der Waals surface area contributed by atoms with Gasteiger partial charge in [-0.2, -0.15) is 0 Å². The molecule has 19 heavy (non-hydrogen) atoms. The summed E-state index contributed by atoms with van der Waals surface area (Å²) in [6.07, 6.45) is 2.63. The van der Waals surface area contributed by atoms with Gasteiger partial charge in [0.2, 0.25) is 12.1 Å². The van der Waals surface area contributed by atoms with Crippen LogP contribution >= 0.6 is 0 Å². The number of rotatable bonds is 3. The molecular formula is C11H16N4O4. The monoisotopic (exact) mass is 268 g/mol. The topological polar surface area (TPSA) is 101 Å². The number of imidazole rings is 1. The second-order valence-corrected chi connectivity index (χ2v) is 5.15. The first kappa shape index (κ1) is 13.3. The molecule has 0 radical (unpaired) electrons. The second-order valence-electron chi connectivity index (χ2n) is 5.15. The van der Waals surface area contributed by atoms with Crippen LogP contribution in [-0.4, -0.2) is 38.6 Å². The summed E-state index contributed by atoms with van der Waals surface area (Å²) in [7, 11) is 1.67. The minimum Gasteiger partial charge on any atom is -0.481 e. The van der Waals surface area contributed by atoms with Crippen molar-refractivity contribution in [3.05, 3.63) is 16.4 Å². The van der Waals surface area contributed by atoms with Crippen LogP contribution in [0.5, 0.6) is 0 Å². The molecule has 1 aromatic rings. The molecule has 2 heterocycles. The molecule has 1 aromatic heterocycles. The van der Waals surface area contributed by atoms with E-state index in [1.165, 1.54) is 6.33 Å². The lowest BCUT2D eigenvalue weighted by molar-refractivity contribution is -0.388. The highest BCUT2D eigenvalue weighted by molar-refractivity contribution is 5.75. The Labute approximate surface area is 109 Å². The van der Waals surface area contributed by atoms with Gasteiger partial charge >= 0.3 is 11.8 Å². The first-order valence-corrected chi connectivity index (χ1v) is 5.99. The number of carboxylic acid groups (broad SMARTS) is 1. The summed E-state index contributed by atoms with van der Waals surface area (Å²) in [5.74, 6) is -0.726. The van der Waals surface area contributed by atoms with E-state index in [2.05, 4.69) is 4.98 Å². The van der Waals surface area contributed by atoms with Crippen molar-refractivity contribution in [1.29, 1.82) is 0 Å². The van der Waals surface area contributed by atoms with Gasteiger partial charge in [0.15, 0.2) is 0 Å². The van der Waals surface area contributed by atoms with Gasteiger partial charge in [0.05, 0.1) is 5.41 Å². The molecule has 8 nitrogen and oxygen atoms in total. The molecule has 1 unspecified atom stereocenters. The fourth-order valence-corrected chi connectivity index (χ4v) is 2.50. The van der Waals surface area contributed by atoms with Gasteiger partial charge in [-0.15, -0.1) is 0 Å². The van der Waals surface area contributed by atoms with Gasteiger partial charge in [0.25, 0.3) is 0 Å². The summed E-state index contributed by atoms with van der Waals surface area (Å²) in [5, 5.41) is 20.2. The Balaban J connectivity index is 2.35. The number of aryl methyl sites for hydroxylation is 1. The van der Waals surface area contributed by atoms with Crippen molar-refractivity contribution in [3.8, 4) is 0 Å². The smallest absolute Gasteiger partial charge is 0.406 e. The number of hydrogen-bond donors (Lipinski definition) is 1. The van der Waals surface area contributed by atoms with E-state index in [1.807, 2.05) is 0 Å². The van der Waals surface area contributed by atoms with Crippen molar-refractivity contribution < 1.29 is 14.8 Å². The van der Waals surface area contributed by atoms with Crippen molar-refractivity contribution in [2.24, 2.45) is 12.5 Å². The van der Waals surface area contributed by atoms with Crippen LogP contribution in [0.15, 0.2) is 6.33 Å². The second kappa shape index (κ2) is 4.52. The average Bonchev–Trinajstić information content (AvgIpc) is 2.71. The molecule has 8 heteroatoms. The van der Waals surface area contributed by atoms with Crippen LogP contribution in [0.1, 0.15) is 19.8 Å². The van der Waals surface area contributed by atoms with Gasteiger partial charge in [0.1, 0.15) is 0 Å². The Bertz CT molecular complexity index is 527. The van der Waals surface area contributed by atoms with E-state index in [1.54, 1.807) is 23.4 Å². The van der Waals surface area contributed by atoms with Crippen molar-refractivity contribution >= 4 is 17.6 Å². The number of carboxylic acids is 1. The third kappa shape index (κ3) is 2.25. The lowest BCUT2D eigenvalue weighted by Crippen LogP contribution is -2.46. The molecule has 0 bridgehead atoms. The maximum atomic E-state index is 11.3. The van der Waals surface area contributed by atoms with Gasteiger partial charge in [-0.1, -0.05) is 0 Å². The molecule has 1 fully saturated rings. The number of carbonyl (C=O) groups is 1. The van der Waals surface area contributed by atoms with E-state index in [9.17, 15) is 20.0 Å². The van der Waals surface area contributed by atoms with Gasteiger partial charge in [-0.05, 0) is 29.7 Å². The Hall–Kier alpha value is -2.12. The average molecular weight is 268 g/mol. The molecule has 1 saturated heterocycles. The third-order valence-electron chi connectivity index (χ3n) is 3.57. The molecule has 104 valence electrons. The Morgan fingerprint density at radius 2 is 2.32 bits per heavy atom. The first-order chi connectivity index (χ1) is 8.85. The molecule has 0 saturated carbocycles. The maximum absolute atomic E-state index is 11.3. The lowest BCUT2D eigenvalue weighted by atomic mass is 9.82. The number of hydrogen-bond acceptors (Lipinski definition) is 5. The quantitative estimate of drug-likeness (QED) is 0.648. The van der Waals surface area contributed by atoms with Gasteiger partial charge in [0, 0.05) is 20.1 Å². The molecule has 1 aliphatic heterocycles. The zero-order valence-corrected chi connectivity index (χ0v) is 10.9. The SMILES string of the molecule is Cn1cnc([N+](=O)[O-])c1N1CCCC(C)(C(=O)O)C1. The zero-order valence-electron chi connectivity index (χ0n) is 10.9. The van der Waals surface area contributed by atoms with Gasteiger partial charge in [-0.3, -0.25) is 9.36 Å². The van der Waals surface area contributed by atoms with Crippen LogP contribution in [0.4, 0.5) is 11.6 Å². The van der Waals surface area contributed by atoms with Crippen molar-refractivity contribution in [2.45, 2.75) is 19.8 Å². The summed E-state index contributed by atoms with van der Waals surface area (Å²) in [6, 6.07) is 0. The maximum Gasteiger partial charge on any atom is 0.406 e. The molecule has 1 N–H and O–H groups in total. The summed E-state index contributed by atoms with van der Waals surface area (Å²) in [6.45, 7) is 2.52. The normalized spacial score (nSPS) is 23.4. The van der Waals surface area contributed by atoms with E-state index in [-0.39, 0.29) is 12.4 Å². The van der Waals surface area contributed by atoms with E-state index < -0.39 is 16.3 Å². The van der Waals surface area contributed by atoms with E-state index in [4.69, 9.17) is 0 Å². The molecular weight excluding hydrogens is 252 g/mol. The summed E-state index contributed by atoms with van der Waals surface area (Å²) in [4.78, 5) is 27.2. The molecule has 1 atom stereocenters. The molecule has 0 aromatic carbocycles.